The van der Waals surface area contributed by atoms with Crippen molar-refractivity contribution in [3.05, 3.63) is 107 Å². The van der Waals surface area contributed by atoms with E-state index in [2.05, 4.69) is 51.7 Å². The fourth-order valence-electron chi connectivity index (χ4n) is 5.11. The molecule has 0 amide bonds. The second-order valence-electron chi connectivity index (χ2n) is 8.98. The van der Waals surface area contributed by atoms with E-state index in [1.807, 2.05) is 42.5 Å². The summed E-state index contributed by atoms with van der Waals surface area (Å²) >= 11 is 0. The maximum Gasteiger partial charge on any atom is 0.228 e. The molecule has 1 N–H and O–H groups in total. The Hall–Kier alpha value is -4.78. The molecule has 1 unspecified atom stereocenters. The fraction of sp³-hybridized carbons (Fsp3) is 0.161. The summed E-state index contributed by atoms with van der Waals surface area (Å²) in [5, 5.41) is 5.63. The molecule has 38 heavy (non-hydrogen) atoms. The topological polar surface area (TPSA) is 74.7 Å². The van der Waals surface area contributed by atoms with Crippen molar-refractivity contribution in [1.82, 2.24) is 9.97 Å². The Bertz CT molecular complexity index is 1600. The first-order valence-corrected chi connectivity index (χ1v) is 12.3. The molecular formula is C31H27N3O4. The van der Waals surface area contributed by atoms with Crippen LogP contribution in [-0.2, 0) is 6.54 Å². The van der Waals surface area contributed by atoms with Gasteiger partial charge in [0.25, 0.3) is 0 Å². The summed E-state index contributed by atoms with van der Waals surface area (Å²) in [7, 11) is 4.84. The monoisotopic (exact) mass is 505 g/mol. The molecule has 5 aromatic rings. The lowest BCUT2D eigenvalue weighted by Gasteiger charge is -2.30. The third kappa shape index (κ3) is 4.02. The second kappa shape index (κ2) is 9.94. The highest BCUT2D eigenvalue weighted by Gasteiger charge is 2.35. The minimum atomic E-state index is -0.258. The van der Waals surface area contributed by atoms with Crippen LogP contribution in [0.4, 0.5) is 5.82 Å². The highest BCUT2D eigenvalue weighted by molar-refractivity contribution is 5.91. The SMILES string of the molecule is COc1cc(C2c3ccc4ccccc4c3Oc3ncnc(NCc4ccccc4)c32)cc(OC)c1OC. The van der Waals surface area contributed by atoms with Gasteiger partial charge >= 0.3 is 0 Å². The molecule has 190 valence electrons. The molecule has 1 aromatic heterocycles. The van der Waals surface area contributed by atoms with E-state index < -0.39 is 0 Å². The van der Waals surface area contributed by atoms with Crippen LogP contribution in [0.15, 0.2) is 85.2 Å². The number of hydrogen-bond donors (Lipinski definition) is 1. The number of ether oxygens (including phenoxy) is 4. The van der Waals surface area contributed by atoms with Crippen LogP contribution in [-0.4, -0.2) is 31.3 Å². The standard InChI is InChI=1S/C31H27N3O4/c1-35-24-15-21(16-25(36-2)29(24)37-3)26-23-14-13-20-11-7-8-12-22(20)28(23)38-31-27(26)30(33-18-34-31)32-17-19-9-5-4-6-10-19/h4-16,18,26H,17H2,1-3H3,(H,32,33,34). The van der Waals surface area contributed by atoms with Gasteiger partial charge in [-0.1, -0.05) is 66.7 Å². The third-order valence-electron chi connectivity index (χ3n) is 6.88. The normalized spacial score (nSPS) is 13.7. The van der Waals surface area contributed by atoms with E-state index in [1.165, 1.54) is 6.33 Å². The van der Waals surface area contributed by atoms with Gasteiger partial charge in [0.1, 0.15) is 17.9 Å². The molecule has 7 nitrogen and oxygen atoms in total. The van der Waals surface area contributed by atoms with Crippen LogP contribution in [0.3, 0.4) is 0 Å². The number of hydrogen-bond acceptors (Lipinski definition) is 7. The van der Waals surface area contributed by atoms with Crippen LogP contribution in [0.1, 0.15) is 28.2 Å². The van der Waals surface area contributed by atoms with Crippen molar-refractivity contribution < 1.29 is 18.9 Å². The average molecular weight is 506 g/mol. The maximum atomic E-state index is 6.51. The van der Waals surface area contributed by atoms with Crippen LogP contribution in [0, 0.1) is 0 Å². The van der Waals surface area contributed by atoms with E-state index in [9.17, 15) is 0 Å². The van der Waals surface area contributed by atoms with E-state index in [0.717, 1.165) is 38.8 Å². The van der Waals surface area contributed by atoms with Crippen LogP contribution in [0.2, 0.25) is 0 Å². The zero-order valence-corrected chi connectivity index (χ0v) is 21.4. The molecule has 0 bridgehead atoms. The lowest BCUT2D eigenvalue weighted by atomic mass is 9.82. The van der Waals surface area contributed by atoms with E-state index in [-0.39, 0.29) is 5.92 Å². The molecule has 0 saturated carbocycles. The summed E-state index contributed by atoms with van der Waals surface area (Å²) in [4.78, 5) is 9.22. The zero-order valence-electron chi connectivity index (χ0n) is 21.4. The lowest BCUT2D eigenvalue weighted by molar-refractivity contribution is 0.323. The Balaban J connectivity index is 1.57. The summed E-state index contributed by atoms with van der Waals surface area (Å²) in [6, 6.07) is 26.6. The third-order valence-corrected chi connectivity index (χ3v) is 6.88. The molecule has 0 spiro atoms. The van der Waals surface area contributed by atoms with Crippen LogP contribution < -0.4 is 24.3 Å². The molecule has 0 radical (unpaired) electrons. The predicted molar refractivity (Wildman–Crippen MR) is 147 cm³/mol. The average Bonchev–Trinajstić information content (AvgIpc) is 2.98. The molecule has 0 fully saturated rings. The Morgan fingerprint density at radius 1 is 0.816 bits per heavy atom. The molecule has 7 heteroatoms. The second-order valence-corrected chi connectivity index (χ2v) is 8.98. The van der Waals surface area contributed by atoms with Crippen LogP contribution in [0.25, 0.3) is 10.8 Å². The Morgan fingerprint density at radius 2 is 1.55 bits per heavy atom. The van der Waals surface area contributed by atoms with Gasteiger partial charge in [0.2, 0.25) is 11.6 Å². The van der Waals surface area contributed by atoms with E-state index in [0.29, 0.717) is 35.5 Å². The number of rotatable bonds is 7. The number of nitrogens with zero attached hydrogens (tertiary/aromatic N) is 2. The number of benzene rings is 4. The van der Waals surface area contributed by atoms with Crippen molar-refractivity contribution in [2.75, 3.05) is 26.6 Å². The Morgan fingerprint density at radius 3 is 2.29 bits per heavy atom. The molecular weight excluding hydrogens is 478 g/mol. The van der Waals surface area contributed by atoms with Crippen LogP contribution >= 0.6 is 0 Å². The number of fused-ring (bicyclic) bond motifs is 4. The van der Waals surface area contributed by atoms with Gasteiger partial charge in [0, 0.05) is 23.4 Å². The van der Waals surface area contributed by atoms with Gasteiger partial charge in [-0.05, 0) is 28.6 Å². The summed E-state index contributed by atoms with van der Waals surface area (Å²) in [5.74, 6) is 3.43. The van der Waals surface area contributed by atoms with E-state index >= 15 is 0 Å². The van der Waals surface area contributed by atoms with Gasteiger partial charge in [-0.2, -0.15) is 0 Å². The highest BCUT2D eigenvalue weighted by atomic mass is 16.5. The molecule has 4 aromatic carbocycles. The van der Waals surface area contributed by atoms with Gasteiger partial charge in [0.05, 0.1) is 26.9 Å². The maximum absolute atomic E-state index is 6.51. The molecule has 0 saturated heterocycles. The Labute approximate surface area is 221 Å². The summed E-state index contributed by atoms with van der Waals surface area (Å²) in [6.45, 7) is 0.608. The summed E-state index contributed by atoms with van der Waals surface area (Å²) in [6.07, 6.45) is 1.54. The minimum absolute atomic E-state index is 0.258. The van der Waals surface area contributed by atoms with Crippen molar-refractivity contribution in [2.45, 2.75) is 12.5 Å². The van der Waals surface area contributed by atoms with E-state index in [4.69, 9.17) is 18.9 Å². The number of methoxy groups -OCH3 is 3. The number of aromatic nitrogens is 2. The zero-order chi connectivity index (χ0) is 26.1. The largest absolute Gasteiger partial charge is 0.493 e. The first-order chi connectivity index (χ1) is 18.7. The molecule has 1 aliphatic rings. The first-order valence-electron chi connectivity index (χ1n) is 12.3. The highest BCUT2D eigenvalue weighted by Crippen LogP contribution is 2.53. The lowest BCUT2D eigenvalue weighted by Crippen LogP contribution is -2.17. The van der Waals surface area contributed by atoms with Crippen molar-refractivity contribution in [3.63, 3.8) is 0 Å². The van der Waals surface area contributed by atoms with Gasteiger partial charge in [0.15, 0.2) is 11.5 Å². The molecule has 6 rings (SSSR count). The smallest absolute Gasteiger partial charge is 0.228 e. The van der Waals surface area contributed by atoms with Crippen molar-refractivity contribution in [3.8, 4) is 28.9 Å². The molecule has 1 aliphatic heterocycles. The van der Waals surface area contributed by atoms with Crippen molar-refractivity contribution >= 4 is 16.6 Å². The van der Waals surface area contributed by atoms with Gasteiger partial charge in [-0.15, -0.1) is 0 Å². The molecule has 1 atom stereocenters. The molecule has 2 heterocycles. The van der Waals surface area contributed by atoms with Crippen molar-refractivity contribution in [2.24, 2.45) is 0 Å². The van der Waals surface area contributed by atoms with Gasteiger partial charge in [-0.25, -0.2) is 9.97 Å². The minimum Gasteiger partial charge on any atom is -0.493 e. The number of nitrogens with one attached hydrogen (secondary N) is 1. The molecule has 0 aliphatic carbocycles. The van der Waals surface area contributed by atoms with Crippen molar-refractivity contribution in [1.29, 1.82) is 0 Å². The van der Waals surface area contributed by atoms with E-state index in [1.54, 1.807) is 21.3 Å². The number of anilines is 1. The quantitative estimate of drug-likeness (QED) is 0.264. The first kappa shape index (κ1) is 23.6. The van der Waals surface area contributed by atoms with Gasteiger partial charge in [-0.3, -0.25) is 0 Å². The van der Waals surface area contributed by atoms with Gasteiger partial charge < -0.3 is 24.3 Å². The summed E-state index contributed by atoms with van der Waals surface area (Å²) < 4.78 is 23.5. The van der Waals surface area contributed by atoms with Crippen LogP contribution in [0.5, 0.6) is 28.9 Å². The summed E-state index contributed by atoms with van der Waals surface area (Å²) in [5.41, 5.74) is 3.94. The fourth-order valence-corrected chi connectivity index (χ4v) is 5.11. The predicted octanol–water partition coefficient (Wildman–Crippen LogP) is 6.55. The Kier molecular flexibility index (Phi) is 6.17.